The van der Waals surface area contributed by atoms with Gasteiger partial charge in [-0.3, -0.25) is 4.79 Å². The standard InChI is InChI=1S/C13H19NO5/c1-18-8-9(15)5-6-14-13(17)11-7-10(19-2)3-4-12(11)16/h3-4,7,9,15-16H,5-6,8H2,1-2H3,(H,14,17). The summed E-state index contributed by atoms with van der Waals surface area (Å²) in [6.45, 7) is 0.514. The summed E-state index contributed by atoms with van der Waals surface area (Å²) in [5.41, 5.74) is 0.139. The first-order chi connectivity index (χ1) is 9.08. The Kier molecular flexibility index (Phi) is 6.11. The summed E-state index contributed by atoms with van der Waals surface area (Å²) in [7, 11) is 2.98. The molecule has 19 heavy (non-hydrogen) atoms. The summed E-state index contributed by atoms with van der Waals surface area (Å²) in [4.78, 5) is 11.8. The van der Waals surface area contributed by atoms with Crippen molar-refractivity contribution in [1.29, 1.82) is 0 Å². The van der Waals surface area contributed by atoms with E-state index in [4.69, 9.17) is 9.47 Å². The third-order valence-corrected chi connectivity index (χ3v) is 2.57. The maximum atomic E-state index is 11.8. The number of hydrogen-bond donors (Lipinski definition) is 3. The van der Waals surface area contributed by atoms with Crippen LogP contribution >= 0.6 is 0 Å². The van der Waals surface area contributed by atoms with Gasteiger partial charge in [0.2, 0.25) is 0 Å². The molecule has 1 atom stereocenters. The highest BCUT2D eigenvalue weighted by molar-refractivity contribution is 5.97. The smallest absolute Gasteiger partial charge is 0.255 e. The summed E-state index contributed by atoms with van der Waals surface area (Å²) < 4.78 is 9.76. The lowest BCUT2D eigenvalue weighted by molar-refractivity contribution is 0.0587. The van der Waals surface area contributed by atoms with Crippen LogP contribution in [0.5, 0.6) is 11.5 Å². The third kappa shape index (κ3) is 4.76. The average molecular weight is 269 g/mol. The van der Waals surface area contributed by atoms with Gasteiger partial charge in [-0.25, -0.2) is 0 Å². The monoisotopic (exact) mass is 269 g/mol. The molecule has 0 saturated carbocycles. The van der Waals surface area contributed by atoms with E-state index in [0.717, 1.165) is 0 Å². The number of aliphatic hydroxyl groups excluding tert-OH is 1. The normalized spacial score (nSPS) is 11.9. The molecular weight excluding hydrogens is 250 g/mol. The second-order valence-corrected chi connectivity index (χ2v) is 4.04. The van der Waals surface area contributed by atoms with Crippen molar-refractivity contribution < 1.29 is 24.5 Å². The number of benzene rings is 1. The molecule has 1 rings (SSSR count). The predicted molar refractivity (Wildman–Crippen MR) is 69.5 cm³/mol. The minimum absolute atomic E-state index is 0.115. The van der Waals surface area contributed by atoms with Gasteiger partial charge in [0.15, 0.2) is 0 Å². The largest absolute Gasteiger partial charge is 0.507 e. The van der Waals surface area contributed by atoms with E-state index in [9.17, 15) is 15.0 Å². The molecule has 106 valence electrons. The lowest BCUT2D eigenvalue weighted by Gasteiger charge is -2.11. The molecule has 0 aliphatic heterocycles. The highest BCUT2D eigenvalue weighted by Gasteiger charge is 2.12. The van der Waals surface area contributed by atoms with Crippen molar-refractivity contribution in [2.24, 2.45) is 0 Å². The number of phenolic OH excluding ortho intramolecular Hbond substituents is 1. The molecular formula is C13H19NO5. The molecule has 0 heterocycles. The summed E-state index contributed by atoms with van der Waals surface area (Å²) >= 11 is 0. The molecule has 1 aromatic carbocycles. The molecule has 0 aliphatic carbocycles. The Hall–Kier alpha value is -1.79. The van der Waals surface area contributed by atoms with Crippen molar-refractivity contribution in [1.82, 2.24) is 5.32 Å². The van der Waals surface area contributed by atoms with Gasteiger partial charge in [-0.1, -0.05) is 0 Å². The van der Waals surface area contributed by atoms with Crippen LogP contribution in [0.3, 0.4) is 0 Å². The van der Waals surface area contributed by atoms with E-state index in [2.05, 4.69) is 5.32 Å². The zero-order valence-corrected chi connectivity index (χ0v) is 11.0. The summed E-state index contributed by atoms with van der Waals surface area (Å²) in [6, 6.07) is 4.41. The molecule has 1 amide bonds. The predicted octanol–water partition coefficient (Wildman–Crippen LogP) is 0.528. The highest BCUT2D eigenvalue weighted by atomic mass is 16.5. The van der Waals surface area contributed by atoms with Crippen LogP contribution < -0.4 is 10.1 Å². The molecule has 1 unspecified atom stereocenters. The molecule has 3 N–H and O–H groups in total. The van der Waals surface area contributed by atoms with Crippen molar-refractivity contribution >= 4 is 5.91 Å². The van der Waals surface area contributed by atoms with E-state index >= 15 is 0 Å². The van der Waals surface area contributed by atoms with E-state index in [1.54, 1.807) is 6.07 Å². The fourth-order valence-corrected chi connectivity index (χ4v) is 1.55. The third-order valence-electron chi connectivity index (χ3n) is 2.57. The van der Waals surface area contributed by atoms with Gasteiger partial charge in [0.1, 0.15) is 11.5 Å². The number of hydrogen-bond acceptors (Lipinski definition) is 5. The lowest BCUT2D eigenvalue weighted by Crippen LogP contribution is -2.28. The molecule has 0 spiro atoms. The number of carbonyl (C=O) groups is 1. The van der Waals surface area contributed by atoms with Crippen molar-refractivity contribution in [3.05, 3.63) is 23.8 Å². The average Bonchev–Trinajstić information content (AvgIpc) is 2.39. The van der Waals surface area contributed by atoms with Crippen molar-refractivity contribution in [3.8, 4) is 11.5 Å². The van der Waals surface area contributed by atoms with Crippen LogP contribution in [0.1, 0.15) is 16.8 Å². The molecule has 6 heteroatoms. The topological polar surface area (TPSA) is 88.0 Å². The second-order valence-electron chi connectivity index (χ2n) is 4.04. The maximum absolute atomic E-state index is 11.8. The first-order valence-corrected chi connectivity index (χ1v) is 5.90. The zero-order chi connectivity index (χ0) is 14.3. The molecule has 1 aromatic rings. The Morgan fingerprint density at radius 3 is 2.79 bits per heavy atom. The number of rotatable bonds is 7. The summed E-state index contributed by atoms with van der Waals surface area (Å²) in [6.07, 6.45) is -0.242. The van der Waals surface area contributed by atoms with Crippen LogP contribution in [0.4, 0.5) is 0 Å². The number of phenols is 1. The Labute approximate surface area is 112 Å². The number of methoxy groups -OCH3 is 2. The van der Waals surface area contributed by atoms with Gasteiger partial charge in [0.05, 0.1) is 25.4 Å². The molecule has 0 aliphatic rings. The van der Waals surface area contributed by atoms with Gasteiger partial charge in [-0.15, -0.1) is 0 Å². The Balaban J connectivity index is 2.53. The van der Waals surface area contributed by atoms with Crippen LogP contribution in [0, 0.1) is 0 Å². The number of ether oxygens (including phenoxy) is 2. The van der Waals surface area contributed by atoms with E-state index in [-0.39, 0.29) is 17.9 Å². The van der Waals surface area contributed by atoms with Gasteiger partial charge in [0, 0.05) is 13.7 Å². The first kappa shape index (κ1) is 15.3. The van der Waals surface area contributed by atoms with Crippen LogP contribution in [0.25, 0.3) is 0 Å². The maximum Gasteiger partial charge on any atom is 0.255 e. The van der Waals surface area contributed by atoms with Crippen LogP contribution in [-0.4, -0.2) is 49.6 Å². The highest BCUT2D eigenvalue weighted by Crippen LogP contribution is 2.22. The van der Waals surface area contributed by atoms with Gasteiger partial charge in [0.25, 0.3) is 5.91 Å². The van der Waals surface area contributed by atoms with E-state index in [1.807, 2.05) is 0 Å². The quantitative estimate of drug-likeness (QED) is 0.672. The van der Waals surface area contributed by atoms with E-state index in [1.165, 1.54) is 26.4 Å². The van der Waals surface area contributed by atoms with Crippen LogP contribution in [-0.2, 0) is 4.74 Å². The molecule has 0 bridgehead atoms. The minimum atomic E-state index is -0.621. The van der Waals surface area contributed by atoms with Crippen LogP contribution in [0.15, 0.2) is 18.2 Å². The van der Waals surface area contributed by atoms with E-state index < -0.39 is 12.0 Å². The lowest BCUT2D eigenvalue weighted by atomic mass is 10.1. The second kappa shape index (κ2) is 7.60. The fourth-order valence-electron chi connectivity index (χ4n) is 1.55. The summed E-state index contributed by atoms with van der Waals surface area (Å²) in [5, 5.41) is 21.6. The number of aromatic hydroxyl groups is 1. The molecule has 0 aromatic heterocycles. The zero-order valence-electron chi connectivity index (χ0n) is 11.0. The number of carbonyl (C=O) groups excluding carboxylic acids is 1. The molecule has 6 nitrogen and oxygen atoms in total. The van der Waals surface area contributed by atoms with Crippen molar-refractivity contribution in [2.75, 3.05) is 27.4 Å². The first-order valence-electron chi connectivity index (χ1n) is 5.90. The van der Waals surface area contributed by atoms with Gasteiger partial charge >= 0.3 is 0 Å². The Bertz CT molecular complexity index is 421. The van der Waals surface area contributed by atoms with Gasteiger partial charge < -0.3 is 25.0 Å². The summed E-state index contributed by atoms with van der Waals surface area (Å²) in [5.74, 6) is -0.0425. The Morgan fingerprint density at radius 1 is 1.42 bits per heavy atom. The van der Waals surface area contributed by atoms with E-state index in [0.29, 0.717) is 18.7 Å². The number of nitrogens with one attached hydrogen (secondary N) is 1. The van der Waals surface area contributed by atoms with Gasteiger partial charge in [-0.2, -0.15) is 0 Å². The molecule has 0 radical (unpaired) electrons. The minimum Gasteiger partial charge on any atom is -0.507 e. The number of amides is 1. The van der Waals surface area contributed by atoms with Crippen LogP contribution in [0.2, 0.25) is 0 Å². The molecule has 0 fully saturated rings. The Morgan fingerprint density at radius 2 is 2.16 bits per heavy atom. The van der Waals surface area contributed by atoms with Crippen molar-refractivity contribution in [2.45, 2.75) is 12.5 Å². The van der Waals surface area contributed by atoms with Crippen molar-refractivity contribution in [3.63, 3.8) is 0 Å². The molecule has 0 saturated heterocycles. The SMILES string of the molecule is COCC(O)CCNC(=O)c1cc(OC)ccc1O. The number of aliphatic hydroxyl groups is 1. The van der Waals surface area contributed by atoms with Gasteiger partial charge in [-0.05, 0) is 24.6 Å². The fraction of sp³-hybridized carbons (Fsp3) is 0.462.